The number of benzene rings is 2. The number of Topliss-reactive ketones (excluding diaryl/α,β-unsaturated/α-hetero) is 2. The van der Waals surface area contributed by atoms with Crippen LogP contribution in [0.2, 0.25) is 0 Å². The van der Waals surface area contributed by atoms with E-state index in [0.29, 0.717) is 48.8 Å². The fraction of sp³-hybridized carbons (Fsp3) is 0.444. The average molecular weight is 481 g/mol. The maximum atomic E-state index is 13.7. The molecule has 2 saturated heterocycles. The van der Waals surface area contributed by atoms with Crippen molar-refractivity contribution in [1.29, 1.82) is 0 Å². The van der Waals surface area contributed by atoms with E-state index in [1.807, 2.05) is 25.1 Å². The number of para-hydroxylation sites is 1. The number of likely N-dealkylation sites (tertiary alicyclic amines) is 1. The van der Waals surface area contributed by atoms with Crippen LogP contribution in [0.25, 0.3) is 0 Å². The number of morpholine rings is 1. The van der Waals surface area contributed by atoms with E-state index >= 15 is 0 Å². The van der Waals surface area contributed by atoms with Crippen molar-refractivity contribution < 1.29 is 28.6 Å². The predicted octanol–water partition coefficient (Wildman–Crippen LogP) is 2.69. The van der Waals surface area contributed by atoms with E-state index in [-0.39, 0.29) is 5.78 Å². The topological polar surface area (TPSA) is 85.4 Å². The Kier molecular flexibility index (Phi) is 7.83. The van der Waals surface area contributed by atoms with Crippen molar-refractivity contribution in [3.63, 3.8) is 0 Å². The summed E-state index contributed by atoms with van der Waals surface area (Å²) in [6.07, 6.45) is 0.688. The van der Waals surface area contributed by atoms with Gasteiger partial charge in [0, 0.05) is 37.3 Å². The number of rotatable bonds is 9. The van der Waals surface area contributed by atoms with E-state index in [2.05, 4.69) is 4.90 Å². The first kappa shape index (κ1) is 24.9. The lowest BCUT2D eigenvalue weighted by Crippen LogP contribution is -2.39. The number of carbonyl (C=O) groups is 3. The molecule has 0 aliphatic carbocycles. The molecule has 8 nitrogen and oxygen atoms in total. The summed E-state index contributed by atoms with van der Waals surface area (Å²) < 4.78 is 16.3. The number of nitrogens with zero attached hydrogens (tertiary/aromatic N) is 2. The van der Waals surface area contributed by atoms with E-state index in [1.54, 1.807) is 43.4 Å². The largest absolute Gasteiger partial charge is 0.496 e. The van der Waals surface area contributed by atoms with Crippen LogP contribution in [0.1, 0.15) is 33.9 Å². The Hall–Kier alpha value is -3.23. The number of amides is 1. The van der Waals surface area contributed by atoms with Crippen molar-refractivity contribution in [2.45, 2.75) is 19.4 Å². The Morgan fingerprint density at radius 1 is 1.00 bits per heavy atom. The molecule has 2 heterocycles. The summed E-state index contributed by atoms with van der Waals surface area (Å²) in [5.41, 5.74) is 1.82. The average Bonchev–Trinajstić information content (AvgIpc) is 3.13. The first-order valence-corrected chi connectivity index (χ1v) is 11.9. The summed E-state index contributed by atoms with van der Waals surface area (Å²) in [6, 6.07) is 11.6. The van der Waals surface area contributed by atoms with Crippen LogP contribution in [0.15, 0.2) is 42.5 Å². The maximum Gasteiger partial charge on any atom is 0.291 e. The van der Waals surface area contributed by atoms with Gasteiger partial charge in [-0.3, -0.25) is 19.3 Å². The highest BCUT2D eigenvalue weighted by atomic mass is 16.5. The second-order valence-electron chi connectivity index (χ2n) is 8.88. The van der Waals surface area contributed by atoms with Gasteiger partial charge >= 0.3 is 0 Å². The molecule has 186 valence electrons. The zero-order chi connectivity index (χ0) is 24.9. The molecule has 2 aliphatic rings. The lowest BCUT2D eigenvalue weighted by molar-refractivity contribution is -0.140. The molecule has 2 aromatic rings. The van der Waals surface area contributed by atoms with Gasteiger partial charge in [-0.1, -0.05) is 18.2 Å². The fourth-order valence-electron chi connectivity index (χ4n) is 4.99. The zero-order valence-corrected chi connectivity index (χ0v) is 20.5. The molecule has 0 N–H and O–H groups in total. The first-order valence-electron chi connectivity index (χ1n) is 11.9. The van der Waals surface area contributed by atoms with E-state index in [1.165, 1.54) is 0 Å². The lowest BCUT2D eigenvalue weighted by Gasteiger charge is -2.30. The third-order valence-electron chi connectivity index (χ3n) is 6.80. The summed E-state index contributed by atoms with van der Waals surface area (Å²) in [5, 5.41) is 0. The monoisotopic (exact) mass is 480 g/mol. The van der Waals surface area contributed by atoms with Crippen LogP contribution < -0.4 is 9.47 Å². The number of ketones is 2. The van der Waals surface area contributed by atoms with Crippen LogP contribution >= 0.6 is 0 Å². The number of methoxy groups -OCH3 is 2. The van der Waals surface area contributed by atoms with E-state index < -0.39 is 23.7 Å². The van der Waals surface area contributed by atoms with Gasteiger partial charge in [-0.2, -0.15) is 0 Å². The molecule has 2 aliphatic heterocycles. The molecule has 0 spiro atoms. The van der Waals surface area contributed by atoms with Crippen molar-refractivity contribution >= 4 is 17.5 Å². The summed E-state index contributed by atoms with van der Waals surface area (Å²) in [4.78, 5) is 44.0. The van der Waals surface area contributed by atoms with Crippen molar-refractivity contribution in [2.75, 3.05) is 53.6 Å². The SMILES string of the molecule is COc1ccc(C(=O)C2C(=O)C(=O)N(CCCN3CCOCC3)C2c2ccccc2OC)cc1C. The number of ether oxygens (including phenoxy) is 3. The maximum absolute atomic E-state index is 13.7. The lowest BCUT2D eigenvalue weighted by atomic mass is 9.85. The van der Waals surface area contributed by atoms with Crippen LogP contribution in [0, 0.1) is 12.8 Å². The van der Waals surface area contributed by atoms with Crippen molar-refractivity contribution in [1.82, 2.24) is 9.80 Å². The van der Waals surface area contributed by atoms with E-state index in [4.69, 9.17) is 14.2 Å². The molecule has 0 radical (unpaired) electrons. The summed E-state index contributed by atoms with van der Waals surface area (Å²) in [5.74, 6) is -1.61. The molecule has 2 unspecified atom stereocenters. The van der Waals surface area contributed by atoms with Crippen molar-refractivity contribution in [3.05, 3.63) is 59.2 Å². The van der Waals surface area contributed by atoms with Crippen LogP contribution in [-0.2, 0) is 14.3 Å². The number of aryl methyl sites for hydroxylation is 1. The minimum absolute atomic E-state index is 0.371. The van der Waals surface area contributed by atoms with Gasteiger partial charge in [0.15, 0.2) is 5.78 Å². The van der Waals surface area contributed by atoms with Crippen molar-refractivity contribution in [3.8, 4) is 11.5 Å². The highest BCUT2D eigenvalue weighted by Crippen LogP contribution is 2.42. The Morgan fingerprint density at radius 3 is 2.40 bits per heavy atom. The molecule has 0 saturated carbocycles. The molecule has 8 heteroatoms. The Labute approximate surface area is 205 Å². The van der Waals surface area contributed by atoms with Gasteiger partial charge in [0.2, 0.25) is 5.78 Å². The standard InChI is InChI=1S/C27H32N2O6/c1-18-17-19(9-10-21(18)33-2)25(30)23-24(20-7-4-5-8-22(20)34-3)29(27(32)26(23)31)12-6-11-28-13-15-35-16-14-28/h4-5,7-10,17,23-24H,6,11-16H2,1-3H3. The second-order valence-corrected chi connectivity index (χ2v) is 8.88. The van der Waals surface area contributed by atoms with Gasteiger partial charge in [0.25, 0.3) is 5.91 Å². The van der Waals surface area contributed by atoms with Gasteiger partial charge in [-0.25, -0.2) is 0 Å². The van der Waals surface area contributed by atoms with E-state index in [9.17, 15) is 14.4 Å². The molecule has 35 heavy (non-hydrogen) atoms. The summed E-state index contributed by atoms with van der Waals surface area (Å²) in [7, 11) is 3.11. The smallest absolute Gasteiger partial charge is 0.291 e. The highest BCUT2D eigenvalue weighted by Gasteiger charge is 2.52. The zero-order valence-electron chi connectivity index (χ0n) is 20.5. The molecule has 1 amide bonds. The van der Waals surface area contributed by atoms with Gasteiger partial charge in [0.05, 0.1) is 33.5 Å². The number of hydrogen-bond acceptors (Lipinski definition) is 7. The molecule has 0 aromatic heterocycles. The summed E-state index contributed by atoms with van der Waals surface area (Å²) in [6.45, 7) is 6.09. The number of hydrogen-bond donors (Lipinski definition) is 0. The fourth-order valence-corrected chi connectivity index (χ4v) is 4.99. The predicted molar refractivity (Wildman–Crippen MR) is 130 cm³/mol. The van der Waals surface area contributed by atoms with Crippen LogP contribution in [0.3, 0.4) is 0 Å². The van der Waals surface area contributed by atoms with E-state index in [0.717, 1.165) is 25.2 Å². The first-order chi connectivity index (χ1) is 17.0. The normalized spacial score (nSPS) is 20.8. The minimum Gasteiger partial charge on any atom is -0.496 e. The molecule has 2 aromatic carbocycles. The molecular formula is C27H32N2O6. The summed E-state index contributed by atoms with van der Waals surface area (Å²) >= 11 is 0. The highest BCUT2D eigenvalue weighted by molar-refractivity contribution is 6.44. The van der Waals surface area contributed by atoms with Crippen molar-refractivity contribution in [2.24, 2.45) is 5.92 Å². The van der Waals surface area contributed by atoms with Gasteiger partial charge in [0.1, 0.15) is 17.4 Å². The molecule has 2 fully saturated rings. The number of carbonyl (C=O) groups excluding carboxylic acids is 3. The van der Waals surface area contributed by atoms with Crippen LogP contribution in [0.4, 0.5) is 0 Å². The molecule has 2 atom stereocenters. The van der Waals surface area contributed by atoms with Gasteiger partial charge in [-0.05, 0) is 43.2 Å². The minimum atomic E-state index is -1.14. The van der Waals surface area contributed by atoms with Crippen LogP contribution in [0.5, 0.6) is 11.5 Å². The second kappa shape index (κ2) is 11.0. The Balaban J connectivity index is 1.66. The van der Waals surface area contributed by atoms with Gasteiger partial charge < -0.3 is 19.1 Å². The van der Waals surface area contributed by atoms with Crippen LogP contribution in [-0.4, -0.2) is 80.9 Å². The Bertz CT molecular complexity index is 1090. The third-order valence-corrected chi connectivity index (χ3v) is 6.80. The molecule has 0 bridgehead atoms. The molecular weight excluding hydrogens is 448 g/mol. The Morgan fingerprint density at radius 2 is 1.71 bits per heavy atom. The quantitative estimate of drug-likeness (QED) is 0.310. The third kappa shape index (κ3) is 5.09. The van der Waals surface area contributed by atoms with Gasteiger partial charge in [-0.15, -0.1) is 0 Å². The molecule has 4 rings (SSSR count).